The molecule has 1 N–H and O–H groups in total. The molecule has 124 valence electrons. The van der Waals surface area contributed by atoms with Crippen molar-refractivity contribution in [3.05, 3.63) is 65.2 Å². The van der Waals surface area contributed by atoms with Gasteiger partial charge >= 0.3 is 0 Å². The van der Waals surface area contributed by atoms with Gasteiger partial charge in [-0.1, -0.05) is 36.4 Å². The van der Waals surface area contributed by atoms with Gasteiger partial charge in [0.2, 0.25) is 0 Å². The molecule has 2 aromatic carbocycles. The number of phenolic OH excluding ortho intramolecular Hbond substituents is 1. The summed E-state index contributed by atoms with van der Waals surface area (Å²) in [5.74, 6) is 1.00. The fourth-order valence-electron chi connectivity index (χ4n) is 3.52. The molecule has 0 saturated heterocycles. The highest BCUT2D eigenvalue weighted by Gasteiger charge is 2.21. The highest BCUT2D eigenvalue weighted by molar-refractivity contribution is 8.93. The normalized spacial score (nSPS) is 16.7. The van der Waals surface area contributed by atoms with E-state index in [9.17, 15) is 5.11 Å². The van der Waals surface area contributed by atoms with Crippen LogP contribution in [0, 0.1) is 0 Å². The summed E-state index contributed by atoms with van der Waals surface area (Å²) >= 11 is 0. The van der Waals surface area contributed by atoms with Crippen molar-refractivity contribution < 1.29 is 5.11 Å². The van der Waals surface area contributed by atoms with Gasteiger partial charge < -0.3 is 10.0 Å². The van der Waals surface area contributed by atoms with Crippen LogP contribution in [0.5, 0.6) is 5.75 Å². The van der Waals surface area contributed by atoms with Gasteiger partial charge in [-0.3, -0.25) is 0 Å². The highest BCUT2D eigenvalue weighted by atomic mass is 79.9. The molecule has 23 heavy (non-hydrogen) atoms. The van der Waals surface area contributed by atoms with Gasteiger partial charge in [0.15, 0.2) is 0 Å². The van der Waals surface area contributed by atoms with E-state index in [1.807, 2.05) is 12.1 Å². The Morgan fingerprint density at radius 2 is 1.91 bits per heavy atom. The Kier molecular flexibility index (Phi) is 6.67. The largest absolute Gasteiger partial charge is 0.508 e. The standard InChI is InChI=1S/C20H25NO.BrH/c1-21(13-12-16-6-3-2-4-7-16)15-18-9-5-8-17-14-19(22)10-11-20(17)18;/h2-4,6-7,10-11,14,18,22H,5,8-9,12-13,15H2,1H3;1H. The van der Waals surface area contributed by atoms with Gasteiger partial charge in [0.1, 0.15) is 5.75 Å². The number of phenols is 1. The van der Waals surface area contributed by atoms with Crippen molar-refractivity contribution in [3.8, 4) is 5.75 Å². The molecule has 1 aliphatic carbocycles. The number of likely N-dealkylation sites (N-methyl/N-ethyl adjacent to an activating group) is 1. The van der Waals surface area contributed by atoms with E-state index in [0.29, 0.717) is 11.7 Å². The van der Waals surface area contributed by atoms with Crippen LogP contribution in [-0.4, -0.2) is 30.1 Å². The zero-order valence-corrected chi connectivity index (χ0v) is 15.5. The van der Waals surface area contributed by atoms with E-state index >= 15 is 0 Å². The van der Waals surface area contributed by atoms with Crippen LogP contribution in [0.3, 0.4) is 0 Å². The van der Waals surface area contributed by atoms with Gasteiger partial charge in [-0.15, -0.1) is 17.0 Å². The second-order valence-corrected chi connectivity index (χ2v) is 6.47. The maximum absolute atomic E-state index is 9.66. The van der Waals surface area contributed by atoms with E-state index in [1.165, 1.54) is 29.5 Å². The number of halogens is 1. The van der Waals surface area contributed by atoms with E-state index in [4.69, 9.17) is 0 Å². The molecule has 3 rings (SSSR count). The minimum Gasteiger partial charge on any atom is -0.508 e. The Bertz CT molecular complexity index is 614. The maximum Gasteiger partial charge on any atom is 0.115 e. The number of nitrogens with zero attached hydrogens (tertiary/aromatic N) is 1. The lowest BCUT2D eigenvalue weighted by molar-refractivity contribution is 0.301. The molecule has 0 aromatic heterocycles. The third kappa shape index (κ3) is 4.82. The Morgan fingerprint density at radius 1 is 1.13 bits per heavy atom. The molecule has 2 nitrogen and oxygen atoms in total. The molecular weight excluding hydrogens is 350 g/mol. The van der Waals surface area contributed by atoms with Gasteiger partial charge in [0.05, 0.1) is 0 Å². The summed E-state index contributed by atoms with van der Waals surface area (Å²) < 4.78 is 0. The van der Waals surface area contributed by atoms with Crippen LogP contribution in [0.15, 0.2) is 48.5 Å². The molecule has 0 amide bonds. The third-order valence-corrected chi connectivity index (χ3v) is 4.72. The van der Waals surface area contributed by atoms with Crippen LogP contribution < -0.4 is 0 Å². The fraction of sp³-hybridized carbons (Fsp3) is 0.400. The summed E-state index contributed by atoms with van der Waals surface area (Å²) in [5, 5.41) is 9.66. The Morgan fingerprint density at radius 3 is 2.70 bits per heavy atom. The number of aromatic hydroxyl groups is 1. The maximum atomic E-state index is 9.66. The van der Waals surface area contributed by atoms with E-state index in [2.05, 4.69) is 48.3 Å². The first-order valence-corrected chi connectivity index (χ1v) is 8.26. The average molecular weight is 376 g/mol. The molecular formula is C20H26BrNO. The minimum atomic E-state index is 0. The van der Waals surface area contributed by atoms with Crippen molar-refractivity contribution >= 4 is 17.0 Å². The summed E-state index contributed by atoms with van der Waals surface area (Å²) in [6, 6.07) is 16.6. The van der Waals surface area contributed by atoms with Crippen LogP contribution in [0.2, 0.25) is 0 Å². The monoisotopic (exact) mass is 375 g/mol. The molecule has 1 atom stereocenters. The predicted octanol–water partition coefficient (Wildman–Crippen LogP) is 4.56. The molecule has 2 aromatic rings. The first-order chi connectivity index (χ1) is 10.7. The topological polar surface area (TPSA) is 23.5 Å². The first kappa shape index (κ1) is 18.0. The molecule has 1 unspecified atom stereocenters. The van der Waals surface area contributed by atoms with Crippen molar-refractivity contribution in [1.29, 1.82) is 0 Å². The first-order valence-electron chi connectivity index (χ1n) is 8.26. The van der Waals surface area contributed by atoms with Crippen molar-refractivity contribution in [2.75, 3.05) is 20.1 Å². The van der Waals surface area contributed by atoms with E-state index in [-0.39, 0.29) is 17.0 Å². The van der Waals surface area contributed by atoms with Crippen molar-refractivity contribution in [2.24, 2.45) is 0 Å². The number of aryl methyl sites for hydroxylation is 1. The van der Waals surface area contributed by atoms with Crippen LogP contribution in [0.25, 0.3) is 0 Å². The van der Waals surface area contributed by atoms with Gasteiger partial charge in [-0.2, -0.15) is 0 Å². The fourth-order valence-corrected chi connectivity index (χ4v) is 3.52. The lowest BCUT2D eigenvalue weighted by Gasteiger charge is -2.29. The molecule has 0 fully saturated rings. The third-order valence-electron chi connectivity index (χ3n) is 4.72. The molecule has 0 radical (unpaired) electrons. The number of hydrogen-bond acceptors (Lipinski definition) is 2. The molecule has 0 saturated carbocycles. The van der Waals surface area contributed by atoms with E-state index < -0.39 is 0 Å². The van der Waals surface area contributed by atoms with Crippen molar-refractivity contribution in [1.82, 2.24) is 4.90 Å². The molecule has 0 heterocycles. The molecule has 3 heteroatoms. The summed E-state index contributed by atoms with van der Waals surface area (Å²) in [5.41, 5.74) is 4.19. The van der Waals surface area contributed by atoms with Gasteiger partial charge in [-0.25, -0.2) is 0 Å². The number of benzene rings is 2. The van der Waals surface area contributed by atoms with Gasteiger partial charge in [0.25, 0.3) is 0 Å². The summed E-state index contributed by atoms with van der Waals surface area (Å²) in [4.78, 5) is 2.44. The molecule has 1 aliphatic rings. The van der Waals surface area contributed by atoms with E-state index in [0.717, 1.165) is 25.9 Å². The van der Waals surface area contributed by atoms with Crippen molar-refractivity contribution in [2.45, 2.75) is 31.6 Å². The van der Waals surface area contributed by atoms with E-state index in [1.54, 1.807) is 0 Å². The number of rotatable bonds is 5. The number of fused-ring (bicyclic) bond motifs is 1. The van der Waals surface area contributed by atoms with Crippen LogP contribution in [-0.2, 0) is 12.8 Å². The Labute approximate surface area is 149 Å². The Hall–Kier alpha value is -1.32. The summed E-state index contributed by atoms with van der Waals surface area (Å²) in [7, 11) is 2.22. The lowest BCUT2D eigenvalue weighted by atomic mass is 9.82. The molecule has 0 bridgehead atoms. The van der Waals surface area contributed by atoms with Gasteiger partial charge in [0, 0.05) is 13.1 Å². The van der Waals surface area contributed by atoms with Crippen LogP contribution >= 0.6 is 17.0 Å². The zero-order valence-electron chi connectivity index (χ0n) is 13.7. The van der Waals surface area contributed by atoms with Crippen LogP contribution in [0.1, 0.15) is 35.4 Å². The van der Waals surface area contributed by atoms with Crippen LogP contribution in [0.4, 0.5) is 0 Å². The zero-order chi connectivity index (χ0) is 15.4. The average Bonchev–Trinajstić information content (AvgIpc) is 2.54. The quantitative estimate of drug-likeness (QED) is 0.827. The lowest BCUT2D eigenvalue weighted by Crippen LogP contribution is -2.28. The SMILES string of the molecule is Br.CN(CCc1ccccc1)CC1CCCc2cc(O)ccc21. The summed E-state index contributed by atoms with van der Waals surface area (Å²) in [6.45, 7) is 2.19. The Balaban J connectivity index is 0.00000192. The van der Waals surface area contributed by atoms with Crippen molar-refractivity contribution in [3.63, 3.8) is 0 Å². The minimum absolute atomic E-state index is 0. The smallest absolute Gasteiger partial charge is 0.115 e. The molecule has 0 aliphatic heterocycles. The number of hydrogen-bond donors (Lipinski definition) is 1. The predicted molar refractivity (Wildman–Crippen MR) is 102 cm³/mol. The van der Waals surface area contributed by atoms with Gasteiger partial charge in [-0.05, 0) is 67.5 Å². The second kappa shape index (κ2) is 8.51. The highest BCUT2D eigenvalue weighted by Crippen LogP contribution is 2.33. The molecule has 0 spiro atoms. The summed E-state index contributed by atoms with van der Waals surface area (Å²) in [6.07, 6.45) is 4.70. The second-order valence-electron chi connectivity index (χ2n) is 6.47.